The van der Waals surface area contributed by atoms with Gasteiger partial charge in [-0.1, -0.05) is 0 Å². The molecule has 2 amide bonds. The van der Waals surface area contributed by atoms with Crippen molar-refractivity contribution < 1.29 is 4.79 Å². The van der Waals surface area contributed by atoms with Gasteiger partial charge in [0, 0.05) is 12.3 Å². The third-order valence-corrected chi connectivity index (χ3v) is 1.45. The van der Waals surface area contributed by atoms with Crippen LogP contribution >= 0.6 is 0 Å². The first kappa shape index (κ1) is 12.9. The smallest absolute Gasteiger partial charge is 0.335 e. The monoisotopic (exact) mass is 200 g/mol. The number of hydrogen-bond acceptors (Lipinski definition) is 3. The first-order valence-electron chi connectivity index (χ1n) is 4.72. The number of nitrogens with one attached hydrogen (secondary N) is 2. The van der Waals surface area contributed by atoms with E-state index in [-0.39, 0.29) is 6.03 Å². The summed E-state index contributed by atoms with van der Waals surface area (Å²) in [5.74, 6) is 0. The highest BCUT2D eigenvalue weighted by Crippen LogP contribution is 1.80. The summed E-state index contributed by atoms with van der Waals surface area (Å²) in [5.41, 5.74) is 3.22. The maximum atomic E-state index is 11.0. The first-order chi connectivity index (χ1) is 6.52. The molecule has 0 unspecified atom stereocenters. The number of hydrazone groups is 1. The highest BCUT2D eigenvalue weighted by molar-refractivity contribution is 5.81. The summed E-state index contributed by atoms with van der Waals surface area (Å²) in [5, 5.41) is 6.49. The molecule has 0 aliphatic rings. The molecule has 0 radical (unpaired) electrons. The van der Waals surface area contributed by atoms with Gasteiger partial charge in [0.1, 0.15) is 0 Å². The number of amides is 2. The number of carbonyl (C=O) groups excluding carboxylic acids is 1. The molecular weight excluding hydrogens is 180 g/mol. The lowest BCUT2D eigenvalue weighted by atomic mass is 10.4. The average molecular weight is 200 g/mol. The Kier molecular flexibility index (Phi) is 6.74. The van der Waals surface area contributed by atoms with Crippen molar-refractivity contribution in [2.24, 2.45) is 5.10 Å². The van der Waals surface area contributed by atoms with Gasteiger partial charge >= 0.3 is 6.03 Å². The molecule has 0 atom stereocenters. The van der Waals surface area contributed by atoms with Crippen molar-refractivity contribution in [3.8, 4) is 0 Å². The van der Waals surface area contributed by atoms with Crippen LogP contribution in [0, 0.1) is 0 Å². The van der Waals surface area contributed by atoms with Crippen LogP contribution in [0.15, 0.2) is 5.10 Å². The normalized spacial score (nSPS) is 9.79. The molecule has 0 saturated heterocycles. The highest BCUT2D eigenvalue weighted by atomic mass is 16.2. The van der Waals surface area contributed by atoms with E-state index in [1.165, 1.54) is 0 Å². The Bertz CT molecular complexity index is 197. The largest absolute Gasteiger partial charge is 0.337 e. The van der Waals surface area contributed by atoms with Gasteiger partial charge in [0.2, 0.25) is 0 Å². The zero-order chi connectivity index (χ0) is 11.0. The fourth-order valence-electron chi connectivity index (χ4n) is 0.799. The Morgan fingerprint density at radius 3 is 2.50 bits per heavy atom. The summed E-state index contributed by atoms with van der Waals surface area (Å²) < 4.78 is 0. The fourth-order valence-corrected chi connectivity index (χ4v) is 0.799. The predicted molar refractivity (Wildman–Crippen MR) is 58.5 cm³/mol. The maximum absolute atomic E-state index is 11.0. The Morgan fingerprint density at radius 2 is 2.00 bits per heavy atom. The highest BCUT2D eigenvalue weighted by Gasteiger charge is 1.96. The lowest BCUT2D eigenvalue weighted by molar-refractivity contribution is 0.240. The first-order valence-corrected chi connectivity index (χ1v) is 4.72. The number of nitrogens with zero attached hydrogens (tertiary/aromatic N) is 2. The van der Waals surface area contributed by atoms with Crippen LogP contribution in [0.1, 0.15) is 20.3 Å². The minimum atomic E-state index is -0.245. The van der Waals surface area contributed by atoms with E-state index in [4.69, 9.17) is 0 Å². The molecule has 0 bridgehead atoms. The second-order valence-corrected chi connectivity index (χ2v) is 3.58. The van der Waals surface area contributed by atoms with Crippen LogP contribution in [0.25, 0.3) is 0 Å². The molecule has 0 aliphatic carbocycles. The Balaban J connectivity index is 3.41. The third-order valence-electron chi connectivity index (χ3n) is 1.45. The zero-order valence-electron chi connectivity index (χ0n) is 9.42. The molecule has 5 nitrogen and oxygen atoms in total. The molecule has 0 aromatic carbocycles. The lowest BCUT2D eigenvalue weighted by Crippen LogP contribution is -2.34. The molecule has 0 aromatic rings. The summed E-state index contributed by atoms with van der Waals surface area (Å²) >= 11 is 0. The Hall–Kier alpha value is -1.10. The fraction of sp³-hybridized carbons (Fsp3) is 0.778. The molecule has 14 heavy (non-hydrogen) atoms. The van der Waals surface area contributed by atoms with Crippen LogP contribution < -0.4 is 10.7 Å². The van der Waals surface area contributed by atoms with E-state index in [2.05, 4.69) is 20.7 Å². The standard InChI is InChI=1S/C9H20N4O/c1-8(2)11-12-9(14)10-6-5-7-13(3)4/h5-7H2,1-4H3,(H2,10,12,14). The third kappa shape index (κ3) is 8.99. The van der Waals surface area contributed by atoms with Crippen LogP contribution in [0.2, 0.25) is 0 Å². The molecule has 0 heterocycles. The van der Waals surface area contributed by atoms with Gasteiger partial charge in [0.05, 0.1) is 0 Å². The van der Waals surface area contributed by atoms with Crippen molar-refractivity contribution in [1.82, 2.24) is 15.6 Å². The summed E-state index contributed by atoms with van der Waals surface area (Å²) in [7, 11) is 4.01. The minimum Gasteiger partial charge on any atom is -0.337 e. The molecule has 0 spiro atoms. The van der Waals surface area contributed by atoms with Crippen LogP contribution in [0.3, 0.4) is 0 Å². The predicted octanol–water partition coefficient (Wildman–Crippen LogP) is 0.633. The van der Waals surface area contributed by atoms with Gasteiger partial charge in [-0.2, -0.15) is 5.10 Å². The minimum absolute atomic E-state index is 0.245. The number of hydrogen-bond donors (Lipinski definition) is 2. The van der Waals surface area contributed by atoms with E-state index in [1.807, 2.05) is 27.9 Å². The molecule has 82 valence electrons. The van der Waals surface area contributed by atoms with E-state index in [0.717, 1.165) is 18.7 Å². The number of rotatable bonds is 5. The summed E-state index contributed by atoms with van der Waals surface area (Å²) in [4.78, 5) is 13.1. The van der Waals surface area contributed by atoms with Crippen molar-refractivity contribution >= 4 is 11.7 Å². The van der Waals surface area contributed by atoms with Gasteiger partial charge in [0.15, 0.2) is 0 Å². The van der Waals surface area contributed by atoms with Crippen molar-refractivity contribution in [3.05, 3.63) is 0 Å². The van der Waals surface area contributed by atoms with Crippen LogP contribution in [0.4, 0.5) is 4.79 Å². The summed E-state index contributed by atoms with van der Waals surface area (Å²) in [6.07, 6.45) is 0.940. The average Bonchev–Trinajstić information content (AvgIpc) is 2.08. The van der Waals surface area contributed by atoms with Crippen LogP contribution in [0.5, 0.6) is 0 Å². The van der Waals surface area contributed by atoms with Crippen LogP contribution in [-0.4, -0.2) is 43.8 Å². The second-order valence-electron chi connectivity index (χ2n) is 3.58. The van der Waals surface area contributed by atoms with Gasteiger partial charge in [-0.25, -0.2) is 10.2 Å². The van der Waals surface area contributed by atoms with E-state index < -0.39 is 0 Å². The quantitative estimate of drug-likeness (QED) is 0.388. The lowest BCUT2D eigenvalue weighted by Gasteiger charge is -2.09. The molecule has 0 fully saturated rings. The maximum Gasteiger partial charge on any atom is 0.335 e. The molecular formula is C9H20N4O. The SMILES string of the molecule is CC(C)=NNC(=O)NCCCN(C)C. The van der Waals surface area contributed by atoms with Crippen LogP contribution in [-0.2, 0) is 0 Å². The van der Waals surface area contributed by atoms with Gasteiger partial charge in [-0.15, -0.1) is 0 Å². The summed E-state index contributed by atoms with van der Waals surface area (Å²) in [6, 6.07) is -0.245. The van der Waals surface area contributed by atoms with Crippen molar-refractivity contribution in [1.29, 1.82) is 0 Å². The molecule has 5 heteroatoms. The number of urea groups is 1. The van der Waals surface area contributed by atoms with Crippen molar-refractivity contribution in [2.75, 3.05) is 27.2 Å². The van der Waals surface area contributed by atoms with E-state index >= 15 is 0 Å². The van der Waals surface area contributed by atoms with Gasteiger partial charge in [-0.05, 0) is 40.9 Å². The van der Waals surface area contributed by atoms with E-state index in [0.29, 0.717) is 6.54 Å². The van der Waals surface area contributed by atoms with Gasteiger partial charge in [0.25, 0.3) is 0 Å². The zero-order valence-corrected chi connectivity index (χ0v) is 9.42. The topological polar surface area (TPSA) is 56.7 Å². The molecule has 0 aromatic heterocycles. The number of carbonyl (C=O) groups is 1. The van der Waals surface area contributed by atoms with Gasteiger partial charge < -0.3 is 10.2 Å². The molecule has 0 saturated carbocycles. The molecule has 0 rings (SSSR count). The second kappa shape index (κ2) is 7.32. The molecule has 2 N–H and O–H groups in total. The summed E-state index contributed by atoms with van der Waals surface area (Å²) in [6.45, 7) is 5.29. The van der Waals surface area contributed by atoms with E-state index in [9.17, 15) is 4.79 Å². The Labute approximate surface area is 85.5 Å². The van der Waals surface area contributed by atoms with Gasteiger partial charge in [-0.3, -0.25) is 0 Å². The van der Waals surface area contributed by atoms with Crippen molar-refractivity contribution in [3.63, 3.8) is 0 Å². The van der Waals surface area contributed by atoms with E-state index in [1.54, 1.807) is 0 Å². The Morgan fingerprint density at radius 1 is 1.36 bits per heavy atom. The molecule has 0 aliphatic heterocycles. The van der Waals surface area contributed by atoms with Crippen molar-refractivity contribution in [2.45, 2.75) is 20.3 Å².